The first kappa shape index (κ1) is 17.9. The summed E-state index contributed by atoms with van der Waals surface area (Å²) in [4.78, 5) is 15.0. The predicted molar refractivity (Wildman–Crippen MR) is 99.5 cm³/mol. The van der Waals surface area contributed by atoms with Gasteiger partial charge in [0.1, 0.15) is 16.7 Å². The third-order valence-corrected chi connectivity index (χ3v) is 4.19. The molecular weight excluding hydrogens is 355 g/mol. The lowest BCUT2D eigenvalue weighted by atomic mass is 9.96. The fourth-order valence-corrected chi connectivity index (χ4v) is 3.00. The maximum Gasteiger partial charge on any atom is 0.221 e. The average molecular weight is 371 g/mol. The Morgan fingerprint density at radius 2 is 1.85 bits per heavy atom. The molecule has 3 rings (SSSR count). The molecular formula is C20H16ClFN2O2. The highest BCUT2D eigenvalue weighted by Crippen LogP contribution is 2.39. The molecule has 0 spiro atoms. The Hall–Kier alpha value is -2.92. The highest BCUT2D eigenvalue weighted by Gasteiger charge is 2.15. The minimum atomic E-state index is -0.578. The van der Waals surface area contributed by atoms with Crippen molar-refractivity contribution < 1.29 is 13.9 Å². The summed E-state index contributed by atoms with van der Waals surface area (Å²) in [6.07, 6.45) is 1.47. The number of nitrogens with zero attached hydrogens (tertiary/aromatic N) is 1. The Morgan fingerprint density at radius 1 is 1.15 bits per heavy atom. The van der Waals surface area contributed by atoms with E-state index in [-0.39, 0.29) is 12.0 Å². The summed E-state index contributed by atoms with van der Waals surface area (Å²) >= 11 is 5.99. The number of carbonyl (C=O) groups is 1. The number of ether oxygens (including phenoxy) is 1. The summed E-state index contributed by atoms with van der Waals surface area (Å²) in [6, 6.07) is 13.8. The topological polar surface area (TPSA) is 65.2 Å². The highest BCUT2D eigenvalue weighted by atomic mass is 35.5. The Kier molecular flexibility index (Phi) is 5.19. The molecule has 1 heterocycles. The maximum absolute atomic E-state index is 14.3. The molecule has 4 nitrogen and oxygen atoms in total. The van der Waals surface area contributed by atoms with Crippen molar-refractivity contribution >= 4 is 17.5 Å². The summed E-state index contributed by atoms with van der Waals surface area (Å²) in [6.45, 7) is 0. The quantitative estimate of drug-likeness (QED) is 0.683. The third kappa shape index (κ3) is 3.68. The number of carbonyl (C=O) groups excluding carboxylic acids is 1. The molecule has 26 heavy (non-hydrogen) atoms. The van der Waals surface area contributed by atoms with Crippen molar-refractivity contribution in [2.75, 3.05) is 7.11 Å². The Balaban J connectivity index is 2.10. The van der Waals surface area contributed by atoms with E-state index in [4.69, 9.17) is 22.1 Å². The van der Waals surface area contributed by atoms with Gasteiger partial charge >= 0.3 is 0 Å². The lowest BCUT2D eigenvalue weighted by Gasteiger charge is -2.15. The normalized spacial score (nSPS) is 10.6. The molecule has 0 aliphatic rings. The molecule has 0 fully saturated rings. The fraction of sp³-hybridized carbons (Fsp3) is 0.100. The lowest BCUT2D eigenvalue weighted by molar-refractivity contribution is -0.117. The van der Waals surface area contributed by atoms with Crippen LogP contribution < -0.4 is 10.5 Å². The van der Waals surface area contributed by atoms with Crippen LogP contribution in [0.25, 0.3) is 22.3 Å². The number of hydrogen-bond acceptors (Lipinski definition) is 3. The predicted octanol–water partition coefficient (Wildman–Crippen LogP) is 4.24. The number of primary amides is 1. The van der Waals surface area contributed by atoms with Crippen molar-refractivity contribution in [1.82, 2.24) is 4.98 Å². The second-order valence-electron chi connectivity index (χ2n) is 5.70. The molecule has 2 N–H and O–H groups in total. The molecule has 0 bridgehead atoms. The molecule has 0 aliphatic carbocycles. The van der Waals surface area contributed by atoms with E-state index >= 15 is 0 Å². The van der Waals surface area contributed by atoms with E-state index in [0.29, 0.717) is 16.5 Å². The second kappa shape index (κ2) is 7.54. The van der Waals surface area contributed by atoms with Crippen molar-refractivity contribution in [3.8, 4) is 28.0 Å². The van der Waals surface area contributed by atoms with Crippen molar-refractivity contribution in [2.45, 2.75) is 6.42 Å². The van der Waals surface area contributed by atoms with Gasteiger partial charge in [-0.1, -0.05) is 41.9 Å². The van der Waals surface area contributed by atoms with Crippen molar-refractivity contribution in [3.63, 3.8) is 0 Å². The number of rotatable bonds is 5. The van der Waals surface area contributed by atoms with Gasteiger partial charge < -0.3 is 10.5 Å². The molecule has 1 amide bonds. The van der Waals surface area contributed by atoms with E-state index < -0.39 is 11.7 Å². The fourth-order valence-electron chi connectivity index (χ4n) is 2.83. The van der Waals surface area contributed by atoms with E-state index in [9.17, 15) is 9.18 Å². The molecule has 0 saturated heterocycles. The van der Waals surface area contributed by atoms with Gasteiger partial charge in [0, 0.05) is 17.3 Å². The van der Waals surface area contributed by atoms with Gasteiger partial charge in [-0.25, -0.2) is 9.37 Å². The standard InChI is InChI=1S/C20H16ClFN2O2/c1-26-20-15(12-5-6-14(11-19(23)25)17(22)9-12)3-2-4-16(20)13-7-8-24-18(21)10-13/h2-10H,11H2,1H3,(H2,23,25). The SMILES string of the molecule is COc1c(-c2ccnc(Cl)c2)cccc1-c1ccc(CC(N)=O)c(F)c1. The first-order valence-electron chi connectivity index (χ1n) is 7.85. The molecule has 1 aromatic heterocycles. The zero-order valence-corrected chi connectivity index (χ0v) is 14.8. The molecule has 6 heteroatoms. The van der Waals surface area contributed by atoms with Crippen LogP contribution in [0.3, 0.4) is 0 Å². The van der Waals surface area contributed by atoms with Crippen LogP contribution in [0.5, 0.6) is 5.75 Å². The van der Waals surface area contributed by atoms with Crippen LogP contribution in [0.4, 0.5) is 4.39 Å². The van der Waals surface area contributed by atoms with Crippen molar-refractivity contribution in [1.29, 1.82) is 0 Å². The van der Waals surface area contributed by atoms with E-state index in [1.807, 2.05) is 24.3 Å². The number of hydrogen-bond donors (Lipinski definition) is 1. The van der Waals surface area contributed by atoms with Gasteiger partial charge in [0.2, 0.25) is 5.91 Å². The smallest absolute Gasteiger partial charge is 0.221 e. The zero-order chi connectivity index (χ0) is 18.7. The van der Waals surface area contributed by atoms with Gasteiger partial charge in [0.05, 0.1) is 13.5 Å². The summed E-state index contributed by atoms with van der Waals surface area (Å²) in [5.41, 5.74) is 8.42. The molecule has 2 aromatic carbocycles. The number of aromatic nitrogens is 1. The number of amides is 1. The van der Waals surface area contributed by atoms with Crippen LogP contribution in [0.2, 0.25) is 5.15 Å². The second-order valence-corrected chi connectivity index (χ2v) is 6.09. The minimum absolute atomic E-state index is 0.140. The molecule has 0 unspecified atom stereocenters. The van der Waals surface area contributed by atoms with Crippen LogP contribution in [-0.2, 0) is 11.2 Å². The Morgan fingerprint density at radius 3 is 2.42 bits per heavy atom. The molecule has 3 aromatic rings. The number of para-hydroxylation sites is 1. The summed E-state index contributed by atoms with van der Waals surface area (Å²) in [7, 11) is 1.56. The van der Waals surface area contributed by atoms with E-state index in [2.05, 4.69) is 4.98 Å². The van der Waals surface area contributed by atoms with Crippen molar-refractivity contribution in [3.05, 3.63) is 71.3 Å². The molecule has 0 radical (unpaired) electrons. The first-order chi connectivity index (χ1) is 12.5. The van der Waals surface area contributed by atoms with Crippen LogP contribution in [0.1, 0.15) is 5.56 Å². The van der Waals surface area contributed by atoms with Crippen LogP contribution in [0, 0.1) is 5.82 Å². The van der Waals surface area contributed by atoms with Gasteiger partial charge in [-0.05, 0) is 34.9 Å². The van der Waals surface area contributed by atoms with Gasteiger partial charge in [-0.15, -0.1) is 0 Å². The maximum atomic E-state index is 14.3. The number of pyridine rings is 1. The van der Waals surface area contributed by atoms with E-state index in [1.54, 1.807) is 31.5 Å². The van der Waals surface area contributed by atoms with E-state index in [1.165, 1.54) is 6.07 Å². The number of methoxy groups -OCH3 is 1. The summed E-state index contributed by atoms with van der Waals surface area (Å²) < 4.78 is 19.9. The van der Waals surface area contributed by atoms with Crippen LogP contribution in [-0.4, -0.2) is 18.0 Å². The monoisotopic (exact) mass is 370 g/mol. The van der Waals surface area contributed by atoms with Gasteiger partial charge in [0.25, 0.3) is 0 Å². The largest absolute Gasteiger partial charge is 0.495 e. The molecule has 0 aliphatic heterocycles. The number of benzene rings is 2. The lowest BCUT2D eigenvalue weighted by Crippen LogP contribution is -2.14. The average Bonchev–Trinajstić information content (AvgIpc) is 2.62. The van der Waals surface area contributed by atoms with E-state index in [0.717, 1.165) is 16.7 Å². The Labute approximate surface area is 155 Å². The zero-order valence-electron chi connectivity index (χ0n) is 14.0. The molecule has 0 saturated carbocycles. The number of halogens is 2. The highest BCUT2D eigenvalue weighted by molar-refractivity contribution is 6.29. The van der Waals surface area contributed by atoms with Gasteiger partial charge in [-0.2, -0.15) is 0 Å². The molecule has 132 valence electrons. The van der Waals surface area contributed by atoms with Gasteiger partial charge in [0.15, 0.2) is 0 Å². The van der Waals surface area contributed by atoms with Gasteiger partial charge in [-0.3, -0.25) is 4.79 Å². The minimum Gasteiger partial charge on any atom is -0.495 e. The van der Waals surface area contributed by atoms with Crippen molar-refractivity contribution in [2.24, 2.45) is 5.73 Å². The summed E-state index contributed by atoms with van der Waals surface area (Å²) in [5.74, 6) is -0.469. The van der Waals surface area contributed by atoms with Crippen LogP contribution >= 0.6 is 11.6 Å². The third-order valence-electron chi connectivity index (χ3n) is 3.99. The number of nitrogens with two attached hydrogens (primary N) is 1. The Bertz CT molecular complexity index is 976. The molecule has 0 atom stereocenters. The first-order valence-corrected chi connectivity index (χ1v) is 8.23. The van der Waals surface area contributed by atoms with Crippen LogP contribution in [0.15, 0.2) is 54.7 Å². The summed E-state index contributed by atoms with van der Waals surface area (Å²) in [5, 5.41) is 0.372.